The molecule has 2 aliphatic heterocycles. The molecule has 0 unspecified atom stereocenters. The van der Waals surface area contributed by atoms with E-state index in [-0.39, 0.29) is 19.1 Å². The maximum absolute atomic E-state index is 12.3. The lowest BCUT2D eigenvalue weighted by Gasteiger charge is -2.35. The van der Waals surface area contributed by atoms with Crippen molar-refractivity contribution < 1.29 is 19.1 Å². The third kappa shape index (κ3) is 4.78. The van der Waals surface area contributed by atoms with E-state index in [0.717, 1.165) is 26.2 Å². The second-order valence-corrected chi connectivity index (χ2v) is 7.00. The van der Waals surface area contributed by atoms with Gasteiger partial charge in [0.25, 0.3) is 11.8 Å². The first-order valence-electron chi connectivity index (χ1n) is 9.68. The van der Waals surface area contributed by atoms with Crippen LogP contribution in [0.4, 0.5) is 5.69 Å². The Morgan fingerprint density at radius 3 is 2.34 bits per heavy atom. The van der Waals surface area contributed by atoms with Crippen LogP contribution in [0.3, 0.4) is 0 Å². The van der Waals surface area contributed by atoms with Gasteiger partial charge in [0.05, 0.1) is 6.54 Å². The number of anilines is 1. The summed E-state index contributed by atoms with van der Waals surface area (Å²) in [6.07, 6.45) is -0.806. The molecule has 2 aliphatic rings. The van der Waals surface area contributed by atoms with E-state index in [9.17, 15) is 9.59 Å². The van der Waals surface area contributed by atoms with E-state index in [2.05, 4.69) is 32.8 Å². The molecule has 2 N–H and O–H groups in total. The highest BCUT2D eigenvalue weighted by atomic mass is 16.6. The molecule has 29 heavy (non-hydrogen) atoms. The number of carbonyl (C=O) groups excluding carboxylic acids is 2. The van der Waals surface area contributed by atoms with Gasteiger partial charge in [0.15, 0.2) is 11.5 Å². The van der Waals surface area contributed by atoms with Crippen molar-refractivity contribution in [2.24, 2.45) is 0 Å². The first-order valence-corrected chi connectivity index (χ1v) is 9.68. The Labute approximate surface area is 169 Å². The number of para-hydroxylation sites is 3. The van der Waals surface area contributed by atoms with Crippen molar-refractivity contribution in [3.63, 3.8) is 0 Å². The van der Waals surface area contributed by atoms with E-state index in [0.29, 0.717) is 11.5 Å². The van der Waals surface area contributed by atoms with Crippen LogP contribution in [-0.4, -0.2) is 62.1 Å². The average Bonchev–Trinajstić information content (AvgIpc) is 2.78. The van der Waals surface area contributed by atoms with Crippen LogP contribution < -0.4 is 25.2 Å². The first-order chi connectivity index (χ1) is 14.2. The monoisotopic (exact) mass is 396 g/mol. The van der Waals surface area contributed by atoms with Crippen LogP contribution in [0.1, 0.15) is 0 Å². The number of ether oxygens (including phenoxy) is 2. The molecule has 2 aromatic carbocycles. The highest BCUT2D eigenvalue weighted by Gasteiger charge is 2.27. The maximum Gasteiger partial charge on any atom is 0.283 e. The van der Waals surface area contributed by atoms with Crippen molar-refractivity contribution in [1.82, 2.24) is 15.8 Å². The van der Waals surface area contributed by atoms with Crippen LogP contribution in [0.15, 0.2) is 54.6 Å². The Morgan fingerprint density at radius 1 is 0.897 bits per heavy atom. The fourth-order valence-corrected chi connectivity index (χ4v) is 3.41. The minimum atomic E-state index is -0.806. The van der Waals surface area contributed by atoms with Gasteiger partial charge in [-0.2, -0.15) is 0 Å². The molecule has 2 heterocycles. The third-order valence-electron chi connectivity index (χ3n) is 4.99. The lowest BCUT2D eigenvalue weighted by molar-refractivity contribution is -0.135. The van der Waals surface area contributed by atoms with Crippen molar-refractivity contribution >= 4 is 17.5 Å². The number of hydrogen-bond donors (Lipinski definition) is 2. The molecule has 0 aromatic heterocycles. The normalized spacial score (nSPS) is 18.8. The molecular weight excluding hydrogens is 372 g/mol. The quantitative estimate of drug-likeness (QED) is 0.744. The number of rotatable bonds is 4. The number of benzene rings is 2. The van der Waals surface area contributed by atoms with Gasteiger partial charge in [0.2, 0.25) is 6.10 Å². The fourth-order valence-electron chi connectivity index (χ4n) is 3.41. The van der Waals surface area contributed by atoms with E-state index in [1.165, 1.54) is 5.69 Å². The number of nitrogens with one attached hydrogen (secondary N) is 2. The summed E-state index contributed by atoms with van der Waals surface area (Å²) in [7, 11) is 0. The van der Waals surface area contributed by atoms with E-state index in [1.54, 1.807) is 12.1 Å². The topological polar surface area (TPSA) is 83.1 Å². The highest BCUT2D eigenvalue weighted by molar-refractivity contribution is 5.85. The van der Waals surface area contributed by atoms with Gasteiger partial charge in [0, 0.05) is 31.9 Å². The molecule has 0 aliphatic carbocycles. The van der Waals surface area contributed by atoms with Crippen molar-refractivity contribution in [3.05, 3.63) is 54.6 Å². The molecule has 0 spiro atoms. The number of fused-ring (bicyclic) bond motifs is 1. The lowest BCUT2D eigenvalue weighted by atomic mass is 10.2. The summed E-state index contributed by atoms with van der Waals surface area (Å²) < 4.78 is 11.1. The maximum atomic E-state index is 12.3. The van der Waals surface area contributed by atoms with Gasteiger partial charge >= 0.3 is 0 Å². The molecule has 8 nitrogen and oxygen atoms in total. The number of hydrazine groups is 1. The summed E-state index contributed by atoms with van der Waals surface area (Å²) in [5.41, 5.74) is 6.09. The predicted octanol–water partition coefficient (Wildman–Crippen LogP) is 0.796. The van der Waals surface area contributed by atoms with Crippen molar-refractivity contribution in [1.29, 1.82) is 0 Å². The molecule has 152 valence electrons. The Hall–Kier alpha value is -3.26. The zero-order chi connectivity index (χ0) is 20.1. The highest BCUT2D eigenvalue weighted by Crippen LogP contribution is 2.30. The van der Waals surface area contributed by atoms with Crippen molar-refractivity contribution in [2.75, 3.05) is 44.2 Å². The number of nitrogens with zero attached hydrogens (tertiary/aromatic N) is 2. The van der Waals surface area contributed by atoms with Gasteiger partial charge in [-0.25, -0.2) is 0 Å². The van der Waals surface area contributed by atoms with Crippen LogP contribution in [0.25, 0.3) is 0 Å². The predicted molar refractivity (Wildman–Crippen MR) is 108 cm³/mol. The Balaban J connectivity index is 1.18. The number of hydrogen-bond acceptors (Lipinski definition) is 6. The van der Waals surface area contributed by atoms with Gasteiger partial charge in [-0.05, 0) is 24.3 Å². The standard InChI is InChI=1S/C21H24N4O4/c26-20(14-24-10-12-25(13-11-24)16-6-2-1-3-7-16)22-23-21(27)19-15-28-17-8-4-5-9-18(17)29-19/h1-9,19H,10-15H2,(H,22,26)(H,23,27)/t19-/m1/s1. The minimum absolute atomic E-state index is 0.0974. The molecular formula is C21H24N4O4. The second-order valence-electron chi connectivity index (χ2n) is 7.00. The molecule has 1 atom stereocenters. The SMILES string of the molecule is O=C(CN1CCN(c2ccccc2)CC1)NNC(=O)[C@H]1COc2ccccc2O1. The van der Waals surface area contributed by atoms with Crippen LogP contribution in [-0.2, 0) is 9.59 Å². The van der Waals surface area contributed by atoms with E-state index in [4.69, 9.17) is 9.47 Å². The second kappa shape index (κ2) is 8.83. The van der Waals surface area contributed by atoms with Gasteiger partial charge in [-0.15, -0.1) is 0 Å². The van der Waals surface area contributed by atoms with Gasteiger partial charge in [-0.3, -0.25) is 25.3 Å². The van der Waals surface area contributed by atoms with E-state index >= 15 is 0 Å². The first kappa shape index (κ1) is 19.1. The summed E-state index contributed by atoms with van der Waals surface area (Å²) >= 11 is 0. The lowest BCUT2D eigenvalue weighted by Crippen LogP contribution is -2.54. The molecule has 2 amide bonds. The summed E-state index contributed by atoms with van der Waals surface area (Å²) in [5.74, 6) is 0.419. The largest absolute Gasteiger partial charge is 0.485 e. The number of amides is 2. The fraction of sp³-hybridized carbons (Fsp3) is 0.333. The van der Waals surface area contributed by atoms with Crippen LogP contribution in [0.5, 0.6) is 11.5 Å². The molecule has 2 aromatic rings. The van der Waals surface area contributed by atoms with E-state index < -0.39 is 12.0 Å². The number of carbonyl (C=O) groups is 2. The average molecular weight is 396 g/mol. The summed E-state index contributed by atoms with van der Waals surface area (Å²) in [6, 6.07) is 17.4. The van der Waals surface area contributed by atoms with Gasteiger partial charge in [0.1, 0.15) is 6.61 Å². The molecule has 4 rings (SSSR count). The smallest absolute Gasteiger partial charge is 0.283 e. The summed E-state index contributed by atoms with van der Waals surface area (Å²) in [6.45, 7) is 3.61. The van der Waals surface area contributed by atoms with Crippen molar-refractivity contribution in [2.45, 2.75) is 6.10 Å². The van der Waals surface area contributed by atoms with Crippen LogP contribution in [0.2, 0.25) is 0 Å². The zero-order valence-corrected chi connectivity index (χ0v) is 16.0. The third-order valence-corrected chi connectivity index (χ3v) is 4.99. The molecule has 0 saturated carbocycles. The van der Waals surface area contributed by atoms with Crippen LogP contribution in [0, 0.1) is 0 Å². The Bertz CT molecular complexity index is 853. The Morgan fingerprint density at radius 2 is 1.59 bits per heavy atom. The van der Waals surface area contributed by atoms with Crippen molar-refractivity contribution in [3.8, 4) is 11.5 Å². The molecule has 1 saturated heterocycles. The minimum Gasteiger partial charge on any atom is -0.485 e. The summed E-state index contributed by atoms with van der Waals surface area (Å²) in [5, 5.41) is 0. The molecule has 1 fully saturated rings. The number of piperazine rings is 1. The van der Waals surface area contributed by atoms with E-state index in [1.807, 2.05) is 30.3 Å². The zero-order valence-electron chi connectivity index (χ0n) is 16.0. The van der Waals surface area contributed by atoms with Gasteiger partial charge in [-0.1, -0.05) is 30.3 Å². The molecule has 8 heteroatoms. The molecule has 0 bridgehead atoms. The summed E-state index contributed by atoms with van der Waals surface area (Å²) in [4.78, 5) is 28.8. The van der Waals surface area contributed by atoms with Gasteiger partial charge < -0.3 is 14.4 Å². The van der Waals surface area contributed by atoms with Crippen LogP contribution >= 0.6 is 0 Å². The molecule has 0 radical (unpaired) electrons. The Kier molecular flexibility index (Phi) is 5.81.